The Labute approximate surface area is 207 Å². The molecule has 0 aliphatic heterocycles. The molecule has 3 aromatic rings. The fourth-order valence-electron chi connectivity index (χ4n) is 3.97. The molecule has 32 heavy (non-hydrogen) atoms. The van der Waals surface area contributed by atoms with Gasteiger partial charge in [0, 0.05) is 0 Å². The first-order chi connectivity index (χ1) is 15.8. The van der Waals surface area contributed by atoms with E-state index in [2.05, 4.69) is 112 Å². The van der Waals surface area contributed by atoms with Crippen LogP contribution in [0.15, 0.2) is 91.0 Å². The fourth-order valence-corrected chi connectivity index (χ4v) is 16.3. The van der Waals surface area contributed by atoms with Crippen molar-refractivity contribution in [2.24, 2.45) is 0 Å². The molecule has 0 atom stereocenters. The van der Waals surface area contributed by atoms with E-state index in [1.54, 1.807) is 15.8 Å². The molecule has 2 radical (unpaired) electrons. The Morgan fingerprint density at radius 1 is 0.438 bits per heavy atom. The van der Waals surface area contributed by atoms with E-state index in [9.17, 15) is 0 Å². The van der Waals surface area contributed by atoms with Gasteiger partial charge in [-0.2, -0.15) is 0 Å². The van der Waals surface area contributed by atoms with Crippen LogP contribution in [0, 0.1) is 0 Å². The molecule has 0 nitrogen and oxygen atoms in total. The van der Waals surface area contributed by atoms with Gasteiger partial charge in [-0.3, -0.25) is 0 Å². The van der Waals surface area contributed by atoms with Crippen LogP contribution in [0.3, 0.4) is 0 Å². The van der Waals surface area contributed by atoms with Gasteiger partial charge in [-0.1, -0.05) is 0 Å². The molecule has 0 heterocycles. The molecular formula is C30H42Ge2. The topological polar surface area (TPSA) is 0 Å². The summed E-state index contributed by atoms with van der Waals surface area (Å²) in [6, 6.07) is 32.8. The maximum atomic E-state index is 2.33. The number of unbranched alkanes of at least 4 members (excludes halogenated alkanes) is 3. The van der Waals surface area contributed by atoms with Gasteiger partial charge in [0.2, 0.25) is 0 Å². The molecule has 0 aliphatic rings. The second-order valence-corrected chi connectivity index (χ2v) is 20.0. The fraction of sp³-hybridized carbons (Fsp3) is 0.400. The molecule has 0 aromatic heterocycles. The van der Waals surface area contributed by atoms with Gasteiger partial charge in [-0.15, -0.1) is 0 Å². The van der Waals surface area contributed by atoms with Gasteiger partial charge < -0.3 is 0 Å². The predicted octanol–water partition coefficient (Wildman–Crippen LogP) is 7.08. The standard InChI is InChI=1S/C18H15Ge.C12H27Ge/c1-4-10-16(11-5-1)19(17-12-6-2-7-13-17)18-14-8-3-9-15-18;1-4-7-10-13(11-8-5-2)12-9-6-3/h1-15H;4-12H2,1-3H3. The van der Waals surface area contributed by atoms with E-state index in [0.29, 0.717) is 0 Å². The first-order valence-electron chi connectivity index (χ1n) is 12.7. The Bertz CT molecular complexity index is 689. The molecule has 0 unspecified atom stereocenters. The molecule has 3 aromatic carbocycles. The normalized spacial score (nSPS) is 10.8. The molecule has 0 aliphatic carbocycles. The third-order valence-corrected chi connectivity index (χ3v) is 18.2. The summed E-state index contributed by atoms with van der Waals surface area (Å²) in [5.74, 6) is 0. The maximum absolute atomic E-state index is 2.33. The third kappa shape index (κ3) is 10.1. The van der Waals surface area contributed by atoms with Crippen LogP contribution in [0.25, 0.3) is 0 Å². The number of rotatable bonds is 12. The predicted molar refractivity (Wildman–Crippen MR) is 149 cm³/mol. The van der Waals surface area contributed by atoms with Crippen LogP contribution >= 0.6 is 0 Å². The van der Waals surface area contributed by atoms with Gasteiger partial charge in [-0.25, -0.2) is 0 Å². The Morgan fingerprint density at radius 3 is 0.969 bits per heavy atom. The summed E-state index contributed by atoms with van der Waals surface area (Å²) in [4.78, 5) is 0. The van der Waals surface area contributed by atoms with Crippen LogP contribution < -0.4 is 13.2 Å². The summed E-state index contributed by atoms with van der Waals surface area (Å²) in [5.41, 5.74) is 0. The zero-order valence-corrected chi connectivity index (χ0v) is 24.7. The summed E-state index contributed by atoms with van der Waals surface area (Å²) in [6.07, 6.45) is 8.78. The number of hydrogen-bond acceptors (Lipinski definition) is 0. The second-order valence-electron chi connectivity index (χ2n) is 8.53. The minimum absolute atomic E-state index is 0.552. The van der Waals surface area contributed by atoms with Crippen molar-refractivity contribution in [3.63, 3.8) is 0 Å². The molecule has 3 rings (SSSR count). The summed E-state index contributed by atoms with van der Waals surface area (Å²) >= 11 is -2.18. The van der Waals surface area contributed by atoms with Gasteiger partial charge in [0.1, 0.15) is 0 Å². The Kier molecular flexibility index (Phi) is 14.6. The average molecular weight is 548 g/mol. The van der Waals surface area contributed by atoms with Gasteiger partial charge in [-0.05, 0) is 0 Å². The summed E-state index contributed by atoms with van der Waals surface area (Å²) in [5, 5.41) is 4.95. The molecule has 0 N–H and O–H groups in total. The Balaban J connectivity index is 0.000000247. The van der Waals surface area contributed by atoms with Crippen LogP contribution in [0.5, 0.6) is 0 Å². The van der Waals surface area contributed by atoms with Crippen molar-refractivity contribution < 1.29 is 0 Å². The zero-order chi connectivity index (χ0) is 22.9. The van der Waals surface area contributed by atoms with Crippen molar-refractivity contribution in [3.05, 3.63) is 91.0 Å². The third-order valence-electron chi connectivity index (χ3n) is 5.84. The number of hydrogen-bond donors (Lipinski definition) is 0. The molecule has 2 heteroatoms. The van der Waals surface area contributed by atoms with E-state index in [0.717, 1.165) is 0 Å². The molecule has 0 bridgehead atoms. The van der Waals surface area contributed by atoms with Gasteiger partial charge in [0.05, 0.1) is 0 Å². The molecule has 0 saturated carbocycles. The zero-order valence-electron chi connectivity index (χ0n) is 20.5. The van der Waals surface area contributed by atoms with E-state index in [4.69, 9.17) is 0 Å². The first kappa shape index (κ1) is 27.0. The van der Waals surface area contributed by atoms with Crippen molar-refractivity contribution in [2.75, 3.05) is 0 Å². The molecule has 0 saturated heterocycles. The van der Waals surface area contributed by atoms with Crippen LogP contribution in [0.1, 0.15) is 59.3 Å². The van der Waals surface area contributed by atoms with Crippen LogP contribution in [-0.4, -0.2) is 28.7 Å². The van der Waals surface area contributed by atoms with Crippen molar-refractivity contribution >= 4 is 41.9 Å². The van der Waals surface area contributed by atoms with Crippen molar-refractivity contribution in [3.8, 4) is 0 Å². The molecule has 0 fully saturated rings. The molecule has 170 valence electrons. The van der Waals surface area contributed by atoms with E-state index in [1.165, 1.54) is 51.7 Å². The Hall–Kier alpha value is -1.25. The van der Waals surface area contributed by atoms with Crippen molar-refractivity contribution in [1.82, 2.24) is 0 Å². The quantitative estimate of drug-likeness (QED) is 0.213. The molecule has 0 amide bonds. The molecular weight excluding hydrogens is 506 g/mol. The Morgan fingerprint density at radius 2 is 0.719 bits per heavy atom. The van der Waals surface area contributed by atoms with Crippen LogP contribution in [-0.2, 0) is 0 Å². The summed E-state index contributed by atoms with van der Waals surface area (Å²) < 4.78 is 4.50. The molecule has 0 spiro atoms. The SMILES string of the molecule is CCC[CH2][Ge]([CH2]CCC)[CH2]CCC.c1cc[c]([Ge]([c]2ccccc2)[c]2ccccc2)cc1. The van der Waals surface area contributed by atoms with Crippen molar-refractivity contribution in [2.45, 2.75) is 75.1 Å². The van der Waals surface area contributed by atoms with E-state index in [-0.39, 0.29) is 0 Å². The van der Waals surface area contributed by atoms with E-state index in [1.807, 2.05) is 0 Å². The van der Waals surface area contributed by atoms with E-state index >= 15 is 0 Å². The summed E-state index contributed by atoms with van der Waals surface area (Å²) in [6.45, 7) is 6.99. The summed E-state index contributed by atoms with van der Waals surface area (Å²) in [7, 11) is 0. The van der Waals surface area contributed by atoms with Gasteiger partial charge in [0.25, 0.3) is 0 Å². The monoisotopic (exact) mass is 550 g/mol. The van der Waals surface area contributed by atoms with Gasteiger partial charge in [0.15, 0.2) is 0 Å². The number of benzene rings is 3. The van der Waals surface area contributed by atoms with Crippen LogP contribution in [0.2, 0.25) is 15.8 Å². The second kappa shape index (κ2) is 17.3. The van der Waals surface area contributed by atoms with E-state index < -0.39 is 28.7 Å². The minimum atomic E-state index is -1.63. The average Bonchev–Trinajstić information content (AvgIpc) is 2.86. The first-order valence-corrected chi connectivity index (χ1v) is 20.3. The van der Waals surface area contributed by atoms with Gasteiger partial charge >= 0.3 is 208 Å². The van der Waals surface area contributed by atoms with Crippen LogP contribution in [0.4, 0.5) is 0 Å². The van der Waals surface area contributed by atoms with Crippen molar-refractivity contribution in [1.29, 1.82) is 0 Å².